The lowest BCUT2D eigenvalue weighted by Gasteiger charge is -2.09. The first-order valence-electron chi connectivity index (χ1n) is 9.92. The number of aryl methyl sites for hydroxylation is 1. The van der Waals surface area contributed by atoms with Gasteiger partial charge in [0.2, 0.25) is 0 Å². The van der Waals surface area contributed by atoms with Gasteiger partial charge in [0.05, 0.1) is 16.9 Å². The molecule has 3 aromatic heterocycles. The maximum absolute atomic E-state index is 12.7. The quantitative estimate of drug-likeness (QED) is 0.506. The van der Waals surface area contributed by atoms with Crippen molar-refractivity contribution in [2.24, 2.45) is 0 Å². The van der Waals surface area contributed by atoms with E-state index < -0.39 is 11.7 Å². The van der Waals surface area contributed by atoms with Gasteiger partial charge in [0, 0.05) is 54.0 Å². The van der Waals surface area contributed by atoms with Crippen LogP contribution in [0.3, 0.4) is 0 Å². The van der Waals surface area contributed by atoms with E-state index in [0.29, 0.717) is 16.9 Å². The number of furan rings is 1. The van der Waals surface area contributed by atoms with Crippen LogP contribution in [0.2, 0.25) is 0 Å². The van der Waals surface area contributed by atoms with E-state index in [2.05, 4.69) is 10.3 Å². The predicted octanol–water partition coefficient (Wildman–Crippen LogP) is 4.70. The van der Waals surface area contributed by atoms with Crippen LogP contribution in [0, 0.1) is 0 Å². The Bertz CT molecular complexity index is 1320. The molecule has 8 heteroatoms. The Labute approximate surface area is 175 Å². The van der Waals surface area contributed by atoms with Gasteiger partial charge in [-0.1, -0.05) is 0 Å². The van der Waals surface area contributed by atoms with Crippen LogP contribution in [0.25, 0.3) is 27.9 Å². The van der Waals surface area contributed by atoms with Crippen molar-refractivity contribution >= 4 is 11.0 Å². The maximum atomic E-state index is 12.7. The molecule has 31 heavy (non-hydrogen) atoms. The second kappa shape index (κ2) is 7.39. The molecule has 4 heterocycles. The van der Waals surface area contributed by atoms with Gasteiger partial charge in [-0.05, 0) is 43.3 Å². The Morgan fingerprint density at radius 2 is 1.97 bits per heavy atom. The van der Waals surface area contributed by atoms with E-state index in [0.717, 1.165) is 60.5 Å². The van der Waals surface area contributed by atoms with E-state index in [1.807, 2.05) is 18.2 Å². The van der Waals surface area contributed by atoms with Gasteiger partial charge >= 0.3 is 6.18 Å². The zero-order chi connectivity index (χ0) is 21.6. The summed E-state index contributed by atoms with van der Waals surface area (Å²) in [5.41, 5.74) is 2.16. The molecule has 0 amide bonds. The van der Waals surface area contributed by atoms with Crippen LogP contribution in [0.1, 0.15) is 23.3 Å². The number of nitrogens with zero attached hydrogens (tertiary/aromatic N) is 2. The molecular weight excluding hydrogens is 407 g/mol. The third kappa shape index (κ3) is 3.63. The highest BCUT2D eigenvalue weighted by Gasteiger charge is 2.30. The van der Waals surface area contributed by atoms with Crippen LogP contribution in [0.15, 0.2) is 64.1 Å². The third-order valence-corrected chi connectivity index (χ3v) is 5.50. The SMILES string of the molecule is O=c1cc(-c2ccc(C(F)(F)F)cn2)ccn1-c1ccc2c3c(oc2c1)CCCNC3. The fourth-order valence-electron chi connectivity index (χ4n) is 3.91. The van der Waals surface area contributed by atoms with Gasteiger partial charge in [0.25, 0.3) is 5.56 Å². The highest BCUT2D eigenvalue weighted by molar-refractivity contribution is 5.84. The van der Waals surface area contributed by atoms with Crippen molar-refractivity contribution in [2.75, 3.05) is 6.54 Å². The Morgan fingerprint density at radius 3 is 2.71 bits per heavy atom. The van der Waals surface area contributed by atoms with Gasteiger partial charge < -0.3 is 9.73 Å². The summed E-state index contributed by atoms with van der Waals surface area (Å²) in [6.07, 6.45) is -0.203. The monoisotopic (exact) mass is 425 g/mol. The Kier molecular flexibility index (Phi) is 4.66. The van der Waals surface area contributed by atoms with Crippen molar-refractivity contribution in [1.29, 1.82) is 0 Å². The summed E-state index contributed by atoms with van der Waals surface area (Å²) >= 11 is 0. The van der Waals surface area contributed by atoms with Gasteiger partial charge in [-0.15, -0.1) is 0 Å². The summed E-state index contributed by atoms with van der Waals surface area (Å²) < 4.78 is 45.7. The largest absolute Gasteiger partial charge is 0.461 e. The summed E-state index contributed by atoms with van der Waals surface area (Å²) in [6, 6.07) is 10.9. The number of rotatable bonds is 2. The Balaban J connectivity index is 1.49. The molecule has 0 fully saturated rings. The zero-order valence-corrected chi connectivity index (χ0v) is 16.4. The molecule has 0 radical (unpaired) electrons. The van der Waals surface area contributed by atoms with E-state index in [-0.39, 0.29) is 5.56 Å². The molecule has 0 saturated heterocycles. The van der Waals surface area contributed by atoms with Crippen LogP contribution in [0.5, 0.6) is 0 Å². The highest BCUT2D eigenvalue weighted by Crippen LogP contribution is 2.31. The number of halogens is 3. The summed E-state index contributed by atoms with van der Waals surface area (Å²) in [5.74, 6) is 0.980. The van der Waals surface area contributed by atoms with E-state index in [9.17, 15) is 18.0 Å². The van der Waals surface area contributed by atoms with Crippen LogP contribution in [0.4, 0.5) is 13.2 Å². The molecule has 4 aromatic rings. The number of hydrogen-bond acceptors (Lipinski definition) is 4. The van der Waals surface area contributed by atoms with Crippen LogP contribution < -0.4 is 10.9 Å². The average molecular weight is 425 g/mol. The van der Waals surface area contributed by atoms with Crippen molar-refractivity contribution in [2.45, 2.75) is 25.6 Å². The normalized spacial score (nSPS) is 14.4. The first-order chi connectivity index (χ1) is 14.9. The van der Waals surface area contributed by atoms with Gasteiger partial charge in [-0.3, -0.25) is 14.3 Å². The number of fused-ring (bicyclic) bond motifs is 3. The first-order valence-corrected chi connectivity index (χ1v) is 9.92. The topological polar surface area (TPSA) is 60.1 Å². The molecule has 1 N–H and O–H groups in total. The van der Waals surface area contributed by atoms with E-state index in [1.54, 1.807) is 12.3 Å². The summed E-state index contributed by atoms with van der Waals surface area (Å²) in [4.78, 5) is 16.6. The molecular formula is C23H18F3N3O2. The third-order valence-electron chi connectivity index (χ3n) is 5.50. The standard InChI is InChI=1S/C23H18F3N3O2/c24-23(25,26)15-3-6-19(28-12-15)14-7-9-29(22(30)10-14)16-4-5-17-18-13-27-8-1-2-20(18)31-21(17)11-16/h3-7,9-12,27H,1-2,8,13H2. The second-order valence-corrected chi connectivity index (χ2v) is 7.52. The lowest BCUT2D eigenvalue weighted by atomic mass is 10.1. The lowest BCUT2D eigenvalue weighted by molar-refractivity contribution is -0.137. The molecule has 0 aliphatic carbocycles. The molecule has 0 unspecified atom stereocenters. The van der Waals surface area contributed by atoms with Gasteiger partial charge in [0.15, 0.2) is 0 Å². The molecule has 0 spiro atoms. The van der Waals surface area contributed by atoms with Crippen molar-refractivity contribution in [3.8, 4) is 16.9 Å². The smallest absolute Gasteiger partial charge is 0.417 e. The van der Waals surface area contributed by atoms with Crippen molar-refractivity contribution in [1.82, 2.24) is 14.9 Å². The zero-order valence-electron chi connectivity index (χ0n) is 16.4. The van der Waals surface area contributed by atoms with E-state index in [4.69, 9.17) is 4.42 Å². The maximum Gasteiger partial charge on any atom is 0.417 e. The van der Waals surface area contributed by atoms with Gasteiger partial charge in [0.1, 0.15) is 11.3 Å². The molecule has 1 aliphatic rings. The van der Waals surface area contributed by atoms with Gasteiger partial charge in [-0.25, -0.2) is 0 Å². The van der Waals surface area contributed by atoms with Gasteiger partial charge in [-0.2, -0.15) is 13.2 Å². The van der Waals surface area contributed by atoms with E-state index >= 15 is 0 Å². The Hall–Kier alpha value is -3.39. The van der Waals surface area contributed by atoms with Crippen molar-refractivity contribution < 1.29 is 17.6 Å². The molecule has 1 aromatic carbocycles. The number of pyridine rings is 2. The number of nitrogens with one attached hydrogen (secondary N) is 1. The number of benzene rings is 1. The predicted molar refractivity (Wildman–Crippen MR) is 110 cm³/mol. The molecule has 5 nitrogen and oxygen atoms in total. The molecule has 0 bridgehead atoms. The average Bonchev–Trinajstić information content (AvgIpc) is 2.93. The fourth-order valence-corrected chi connectivity index (χ4v) is 3.91. The molecule has 1 aliphatic heterocycles. The fraction of sp³-hybridized carbons (Fsp3) is 0.217. The first kappa shape index (κ1) is 19.6. The Morgan fingerprint density at radius 1 is 1.10 bits per heavy atom. The van der Waals surface area contributed by atoms with Crippen molar-refractivity contribution in [3.05, 3.63) is 82.1 Å². The summed E-state index contributed by atoms with van der Waals surface area (Å²) in [6.45, 7) is 1.72. The second-order valence-electron chi connectivity index (χ2n) is 7.52. The molecule has 0 saturated carbocycles. The highest BCUT2D eigenvalue weighted by atomic mass is 19.4. The molecule has 158 valence electrons. The minimum Gasteiger partial charge on any atom is -0.461 e. The number of aromatic nitrogens is 2. The minimum absolute atomic E-state index is 0.301. The summed E-state index contributed by atoms with van der Waals surface area (Å²) in [5, 5.41) is 4.42. The summed E-state index contributed by atoms with van der Waals surface area (Å²) in [7, 11) is 0. The van der Waals surface area contributed by atoms with Crippen LogP contribution in [-0.4, -0.2) is 16.1 Å². The number of alkyl halides is 3. The van der Waals surface area contributed by atoms with E-state index in [1.165, 1.54) is 16.7 Å². The van der Waals surface area contributed by atoms with Crippen LogP contribution in [-0.2, 0) is 19.1 Å². The number of hydrogen-bond donors (Lipinski definition) is 1. The van der Waals surface area contributed by atoms with Crippen molar-refractivity contribution in [3.63, 3.8) is 0 Å². The molecule has 0 atom stereocenters. The molecule has 5 rings (SSSR count). The van der Waals surface area contributed by atoms with Crippen LogP contribution >= 0.6 is 0 Å². The lowest BCUT2D eigenvalue weighted by Crippen LogP contribution is -2.16. The minimum atomic E-state index is -4.45.